The molecule has 7 nitrogen and oxygen atoms in total. The molecule has 11 heteroatoms. The topological polar surface area (TPSA) is 106 Å². The highest BCUT2D eigenvalue weighted by molar-refractivity contribution is 7.92. The van der Waals surface area contributed by atoms with Crippen molar-refractivity contribution in [2.24, 2.45) is 0 Å². The zero-order valence-electron chi connectivity index (χ0n) is 28.5. The van der Waals surface area contributed by atoms with Gasteiger partial charge in [-0.2, -0.15) is 21.6 Å². The number of aryl methyl sites for hydroxylation is 1. The van der Waals surface area contributed by atoms with Crippen LogP contribution in [-0.4, -0.2) is 30.1 Å². The fraction of sp³-hybridized carbons (Fsp3) is 0.355. The number of nitrogens with zero attached hydrogens (tertiary/aromatic N) is 1. The molecule has 2 unspecified atom stereocenters. The summed E-state index contributed by atoms with van der Waals surface area (Å²) in [5, 5.41) is 10.6. The third-order valence-electron chi connectivity index (χ3n) is 6.83. The second-order valence-corrected chi connectivity index (χ2v) is 11.5. The van der Waals surface area contributed by atoms with Crippen LogP contribution < -0.4 is 4.72 Å². The van der Waals surface area contributed by atoms with Crippen molar-refractivity contribution in [3.05, 3.63) is 101 Å². The van der Waals surface area contributed by atoms with Crippen molar-refractivity contribution in [1.29, 1.82) is 0 Å². The number of alkyl halides is 3. The first-order valence-electron chi connectivity index (χ1n) is 16.0. The van der Waals surface area contributed by atoms with Gasteiger partial charge in [-0.15, -0.1) is 0 Å². The summed E-state index contributed by atoms with van der Waals surface area (Å²) in [5.74, 6) is -5.22. The number of rotatable bonds is 11. The highest BCUT2D eigenvalue weighted by atomic mass is 32.2. The standard InChI is InChI=1S/C31H33F3N2O5S/c1-3-16-30(17-15-21-9-6-5-7-10-21)19-26(37)28(29(38)41-30)25(4-2)22-11-8-12-24(18-22)36-42(39,40)27-14-13-23(20-35-27)31(32,33)34/h5-14,18,20,25,36-37H,3-4,15-17,19H2,1-2H3/i2D3,4D2,25D. The van der Waals surface area contributed by atoms with Crippen molar-refractivity contribution in [2.45, 2.75) is 74.9 Å². The van der Waals surface area contributed by atoms with E-state index in [-0.39, 0.29) is 18.5 Å². The van der Waals surface area contributed by atoms with E-state index >= 15 is 0 Å². The molecule has 4 rings (SSSR count). The Kier molecular flexibility index (Phi) is 7.08. The first-order chi connectivity index (χ1) is 22.2. The van der Waals surface area contributed by atoms with Crippen molar-refractivity contribution in [3.8, 4) is 0 Å². The quantitative estimate of drug-likeness (QED) is 0.221. The van der Waals surface area contributed by atoms with Gasteiger partial charge in [-0.05, 0) is 61.0 Å². The van der Waals surface area contributed by atoms with Gasteiger partial charge in [0.2, 0.25) is 0 Å². The Hall–Kier alpha value is -3.86. The molecule has 2 atom stereocenters. The molecule has 2 aromatic carbocycles. The molecule has 42 heavy (non-hydrogen) atoms. The average molecular weight is 609 g/mol. The van der Waals surface area contributed by atoms with Gasteiger partial charge < -0.3 is 9.84 Å². The number of aliphatic hydroxyl groups is 1. The first kappa shape index (κ1) is 23.7. The Morgan fingerprint density at radius 3 is 2.55 bits per heavy atom. The third kappa shape index (κ3) is 7.13. The predicted molar refractivity (Wildman–Crippen MR) is 152 cm³/mol. The van der Waals surface area contributed by atoms with Crippen molar-refractivity contribution >= 4 is 21.7 Å². The van der Waals surface area contributed by atoms with Crippen LogP contribution in [0.2, 0.25) is 0 Å². The summed E-state index contributed by atoms with van der Waals surface area (Å²) >= 11 is 0. The minimum Gasteiger partial charge on any atom is -0.512 e. The van der Waals surface area contributed by atoms with Gasteiger partial charge in [0.25, 0.3) is 10.0 Å². The zero-order chi connectivity index (χ0) is 35.8. The van der Waals surface area contributed by atoms with Crippen molar-refractivity contribution in [1.82, 2.24) is 4.98 Å². The molecule has 0 aliphatic carbocycles. The van der Waals surface area contributed by atoms with E-state index in [1.54, 1.807) is 0 Å². The number of ether oxygens (including phenoxy) is 1. The van der Waals surface area contributed by atoms with Crippen LogP contribution in [0.1, 0.15) is 76.6 Å². The van der Waals surface area contributed by atoms with Crippen LogP contribution in [-0.2, 0) is 32.2 Å². The van der Waals surface area contributed by atoms with Gasteiger partial charge in [-0.25, -0.2) is 9.78 Å². The van der Waals surface area contributed by atoms with Gasteiger partial charge in [-0.3, -0.25) is 4.72 Å². The largest absolute Gasteiger partial charge is 0.512 e. The minimum absolute atomic E-state index is 0.264. The third-order valence-corrected chi connectivity index (χ3v) is 8.12. The van der Waals surface area contributed by atoms with Gasteiger partial charge in [-0.1, -0.05) is 62.7 Å². The molecular formula is C31H33F3N2O5S. The molecule has 0 bridgehead atoms. The van der Waals surface area contributed by atoms with Crippen LogP contribution >= 0.6 is 0 Å². The molecule has 224 valence electrons. The lowest BCUT2D eigenvalue weighted by atomic mass is 9.80. The number of anilines is 1. The van der Waals surface area contributed by atoms with E-state index in [9.17, 15) is 32.9 Å². The molecule has 0 amide bonds. The fourth-order valence-electron chi connectivity index (χ4n) is 4.85. The number of carbonyl (C=O) groups is 1. The Morgan fingerprint density at radius 1 is 1.17 bits per heavy atom. The molecule has 2 N–H and O–H groups in total. The average Bonchev–Trinajstić information content (AvgIpc) is 2.99. The monoisotopic (exact) mass is 608 g/mol. The maximum atomic E-state index is 13.8. The van der Waals surface area contributed by atoms with Crippen LogP contribution in [0.25, 0.3) is 0 Å². The van der Waals surface area contributed by atoms with Crippen LogP contribution in [0, 0.1) is 0 Å². The first-order valence-corrected chi connectivity index (χ1v) is 14.5. The molecular weight excluding hydrogens is 569 g/mol. The van der Waals surface area contributed by atoms with E-state index in [1.807, 2.05) is 37.3 Å². The van der Waals surface area contributed by atoms with E-state index in [0.717, 1.165) is 29.8 Å². The molecule has 0 saturated heterocycles. The van der Waals surface area contributed by atoms with Gasteiger partial charge in [0.1, 0.15) is 11.4 Å². The van der Waals surface area contributed by atoms with E-state index in [2.05, 4.69) is 9.71 Å². The number of aromatic nitrogens is 1. The lowest BCUT2D eigenvalue weighted by molar-refractivity contribution is -0.161. The molecule has 1 aromatic heterocycles. The SMILES string of the molecule is [2H]C([2H])([2H])C([2H])([2H])C([2H])(C1=C(O)CC(CCC)(CCc2ccccc2)OC1=O)c1cccc(NS(=O)(=O)c2ccc(C(F)(F)F)cn2)c1. The Balaban J connectivity index is 1.78. The van der Waals surface area contributed by atoms with E-state index in [1.165, 1.54) is 0 Å². The fourth-order valence-corrected chi connectivity index (χ4v) is 5.83. The van der Waals surface area contributed by atoms with Crippen LogP contribution in [0.3, 0.4) is 0 Å². The Morgan fingerprint density at radius 2 is 1.93 bits per heavy atom. The molecule has 0 fully saturated rings. The molecule has 0 radical (unpaired) electrons. The Bertz CT molecular complexity index is 1790. The highest BCUT2D eigenvalue weighted by Gasteiger charge is 2.43. The number of nitrogens with one attached hydrogen (secondary N) is 1. The van der Waals surface area contributed by atoms with E-state index in [4.69, 9.17) is 11.6 Å². The van der Waals surface area contributed by atoms with Crippen molar-refractivity contribution in [3.63, 3.8) is 0 Å². The summed E-state index contributed by atoms with van der Waals surface area (Å²) in [6, 6.07) is 14.7. The van der Waals surface area contributed by atoms with Gasteiger partial charge >= 0.3 is 12.1 Å². The lowest BCUT2D eigenvalue weighted by Gasteiger charge is -2.38. The predicted octanol–water partition coefficient (Wildman–Crippen LogP) is 7.33. The number of benzene rings is 2. The van der Waals surface area contributed by atoms with Crippen molar-refractivity contribution in [2.75, 3.05) is 4.72 Å². The maximum absolute atomic E-state index is 13.8. The van der Waals surface area contributed by atoms with E-state index < -0.39 is 74.4 Å². The summed E-state index contributed by atoms with van der Waals surface area (Å²) in [4.78, 5) is 17.2. The van der Waals surface area contributed by atoms with Crippen LogP contribution in [0.5, 0.6) is 0 Å². The van der Waals surface area contributed by atoms with Crippen LogP contribution in [0.4, 0.5) is 18.9 Å². The van der Waals surface area contributed by atoms with Gasteiger partial charge in [0.05, 0.1) is 11.1 Å². The number of pyridine rings is 1. The normalized spacial score (nSPS) is 22.0. The summed E-state index contributed by atoms with van der Waals surface area (Å²) < 4.78 is 123. The molecule has 0 spiro atoms. The van der Waals surface area contributed by atoms with Gasteiger partial charge in [0.15, 0.2) is 5.03 Å². The second kappa shape index (κ2) is 12.6. The van der Waals surface area contributed by atoms with E-state index in [0.29, 0.717) is 37.6 Å². The Labute approximate surface area is 251 Å². The maximum Gasteiger partial charge on any atom is 0.417 e. The summed E-state index contributed by atoms with van der Waals surface area (Å²) in [6.45, 7) is -1.71. The number of esters is 1. The molecule has 0 saturated carbocycles. The lowest BCUT2D eigenvalue weighted by Crippen LogP contribution is -2.41. The number of sulfonamides is 1. The molecule has 1 aliphatic heterocycles. The summed E-state index contributed by atoms with van der Waals surface area (Å²) in [6.07, 6.45) is -6.79. The summed E-state index contributed by atoms with van der Waals surface area (Å²) in [5.41, 5.74) is -3.36. The highest BCUT2D eigenvalue weighted by Crippen LogP contribution is 2.42. The van der Waals surface area contributed by atoms with Crippen molar-refractivity contribution < 1.29 is 44.5 Å². The number of halogens is 3. The van der Waals surface area contributed by atoms with Crippen LogP contribution in [0.15, 0.2) is 89.3 Å². The van der Waals surface area contributed by atoms with Gasteiger partial charge in [0, 0.05) is 32.4 Å². The zero-order valence-corrected chi connectivity index (χ0v) is 23.3. The number of cyclic esters (lactones) is 1. The molecule has 1 aliphatic rings. The molecule has 3 aromatic rings. The number of hydrogen-bond acceptors (Lipinski definition) is 6. The molecule has 2 heterocycles. The summed E-state index contributed by atoms with van der Waals surface area (Å²) in [7, 11) is -4.65. The minimum atomic E-state index is -4.77. The smallest absolute Gasteiger partial charge is 0.417 e. The number of aliphatic hydroxyl groups excluding tert-OH is 1. The second-order valence-electron chi connectivity index (χ2n) is 9.88. The number of hydrogen-bond donors (Lipinski definition) is 2. The number of carbonyl (C=O) groups excluding carboxylic acids is 1.